The normalized spacial score (nSPS) is 11.9. The molecule has 0 unspecified atom stereocenters. The standard InChI is InChI=1S/C34H37N2O6/c1-5-6-7-8-9-17-42-32-20-24-15-16-35-22-29-26(13-14-30(39-2)34(29)41-4)28(33(35)27(24)21-31(32)40-3)19-23-11-10-12-25(18-23)36(37)38/h5,10-14,18,20-22H,1,6-9,15-17,19H2,2-4H3/q+1. The van der Waals surface area contributed by atoms with Crippen LogP contribution in [0.5, 0.6) is 23.0 Å². The summed E-state index contributed by atoms with van der Waals surface area (Å²) in [5.74, 6) is 2.74. The number of fused-ring (bicyclic) bond motifs is 4. The molecule has 218 valence electrons. The van der Waals surface area contributed by atoms with Crippen LogP contribution in [0.1, 0.15) is 42.4 Å². The van der Waals surface area contributed by atoms with Gasteiger partial charge in [-0.25, -0.2) is 0 Å². The maximum atomic E-state index is 11.6. The molecule has 0 spiro atoms. The van der Waals surface area contributed by atoms with Crippen molar-refractivity contribution in [3.63, 3.8) is 0 Å². The largest absolute Gasteiger partial charge is 0.493 e. The maximum absolute atomic E-state index is 11.6. The summed E-state index contributed by atoms with van der Waals surface area (Å²) in [6.45, 7) is 5.18. The molecule has 3 aromatic carbocycles. The number of pyridine rings is 1. The summed E-state index contributed by atoms with van der Waals surface area (Å²) < 4.78 is 25.7. The molecule has 1 aliphatic heterocycles. The van der Waals surface area contributed by atoms with Gasteiger partial charge in [-0.15, -0.1) is 6.58 Å². The molecule has 0 amide bonds. The molecule has 0 fully saturated rings. The molecule has 0 aliphatic carbocycles. The zero-order chi connectivity index (χ0) is 29.6. The first kappa shape index (κ1) is 28.9. The van der Waals surface area contributed by atoms with Crippen molar-refractivity contribution in [1.82, 2.24) is 0 Å². The molecule has 0 saturated heterocycles. The monoisotopic (exact) mass is 569 g/mol. The Bertz CT molecular complexity index is 1630. The second-order valence-electron chi connectivity index (χ2n) is 10.4. The van der Waals surface area contributed by atoms with Gasteiger partial charge < -0.3 is 18.9 Å². The Hall–Kier alpha value is -4.59. The van der Waals surface area contributed by atoms with Gasteiger partial charge in [-0.05, 0) is 61.1 Å². The van der Waals surface area contributed by atoms with Gasteiger partial charge in [-0.2, -0.15) is 4.57 Å². The first-order chi connectivity index (χ1) is 20.5. The average molecular weight is 570 g/mol. The third-order valence-corrected chi connectivity index (χ3v) is 7.85. The first-order valence-corrected chi connectivity index (χ1v) is 14.3. The van der Waals surface area contributed by atoms with E-state index in [9.17, 15) is 10.1 Å². The Labute approximate surface area is 246 Å². The van der Waals surface area contributed by atoms with Crippen LogP contribution in [0.4, 0.5) is 5.69 Å². The maximum Gasteiger partial charge on any atom is 0.269 e. The Kier molecular flexibility index (Phi) is 8.91. The van der Waals surface area contributed by atoms with Crippen LogP contribution >= 0.6 is 0 Å². The van der Waals surface area contributed by atoms with Gasteiger partial charge in [0.15, 0.2) is 35.7 Å². The third-order valence-electron chi connectivity index (χ3n) is 7.85. The lowest BCUT2D eigenvalue weighted by Gasteiger charge is -2.22. The van der Waals surface area contributed by atoms with Crippen molar-refractivity contribution in [3.8, 4) is 34.3 Å². The second kappa shape index (κ2) is 12.9. The van der Waals surface area contributed by atoms with E-state index in [2.05, 4.69) is 29.5 Å². The first-order valence-electron chi connectivity index (χ1n) is 14.3. The molecule has 1 aromatic heterocycles. The number of nitro groups is 1. The van der Waals surface area contributed by atoms with Gasteiger partial charge in [0.2, 0.25) is 5.69 Å². The van der Waals surface area contributed by atoms with Crippen molar-refractivity contribution in [3.05, 3.63) is 94.2 Å². The fourth-order valence-electron chi connectivity index (χ4n) is 5.81. The van der Waals surface area contributed by atoms with E-state index < -0.39 is 0 Å². The Morgan fingerprint density at radius 2 is 1.79 bits per heavy atom. The van der Waals surface area contributed by atoms with Crippen LogP contribution in [-0.2, 0) is 19.4 Å². The zero-order valence-corrected chi connectivity index (χ0v) is 24.5. The lowest BCUT2D eigenvalue weighted by Crippen LogP contribution is -2.41. The van der Waals surface area contributed by atoms with E-state index in [-0.39, 0.29) is 10.6 Å². The molecule has 0 bridgehead atoms. The number of rotatable bonds is 13. The molecule has 42 heavy (non-hydrogen) atoms. The quantitative estimate of drug-likeness (QED) is 0.0567. The van der Waals surface area contributed by atoms with Crippen molar-refractivity contribution in [1.29, 1.82) is 0 Å². The van der Waals surface area contributed by atoms with E-state index in [0.717, 1.165) is 77.6 Å². The third kappa shape index (κ3) is 5.75. The summed E-state index contributed by atoms with van der Waals surface area (Å²) in [7, 11) is 4.93. The summed E-state index contributed by atoms with van der Waals surface area (Å²) in [4.78, 5) is 11.2. The molecule has 1 aliphatic rings. The molecular formula is C34H37N2O6+. The van der Waals surface area contributed by atoms with Gasteiger partial charge in [-0.3, -0.25) is 10.1 Å². The molecule has 0 N–H and O–H groups in total. The van der Waals surface area contributed by atoms with Gasteiger partial charge in [0.1, 0.15) is 0 Å². The van der Waals surface area contributed by atoms with E-state index in [4.69, 9.17) is 18.9 Å². The van der Waals surface area contributed by atoms with E-state index in [0.29, 0.717) is 30.3 Å². The van der Waals surface area contributed by atoms with Gasteiger partial charge in [0.05, 0.1) is 43.8 Å². The highest BCUT2D eigenvalue weighted by atomic mass is 16.6. The summed E-state index contributed by atoms with van der Waals surface area (Å²) in [6.07, 6.45) is 9.57. The van der Waals surface area contributed by atoms with Gasteiger partial charge >= 0.3 is 0 Å². The summed E-state index contributed by atoms with van der Waals surface area (Å²) in [5.41, 5.74) is 5.27. The molecule has 8 nitrogen and oxygen atoms in total. The lowest BCUT2D eigenvalue weighted by atomic mass is 9.88. The number of benzene rings is 3. The van der Waals surface area contributed by atoms with Crippen LogP contribution in [0.3, 0.4) is 0 Å². The predicted octanol–water partition coefficient (Wildman–Crippen LogP) is 7.00. The minimum Gasteiger partial charge on any atom is -0.493 e. The SMILES string of the molecule is C=CCCCCCOc1cc2c(cc1OC)-c1c(Cc3cccc([N+](=O)[O-])c3)c3ccc(OC)c(OC)c3c[n+]1CC2. The average Bonchev–Trinajstić information content (AvgIpc) is 3.01. The van der Waals surface area contributed by atoms with Gasteiger partial charge in [0.25, 0.3) is 5.69 Å². The lowest BCUT2D eigenvalue weighted by molar-refractivity contribution is -0.686. The molecule has 0 radical (unpaired) electrons. The number of non-ortho nitro benzene ring substituents is 1. The molecule has 2 heterocycles. The Balaban J connectivity index is 1.64. The number of methoxy groups -OCH3 is 3. The number of unbranched alkanes of at least 4 members (excludes halogenated alkanes) is 3. The summed E-state index contributed by atoms with van der Waals surface area (Å²) in [6, 6.07) is 15.0. The highest BCUT2D eigenvalue weighted by Gasteiger charge is 2.31. The molecular weight excluding hydrogens is 532 g/mol. The number of allylic oxidation sites excluding steroid dienone is 1. The van der Waals surface area contributed by atoms with Gasteiger partial charge in [0, 0.05) is 35.9 Å². The minimum atomic E-state index is -0.355. The Morgan fingerprint density at radius 1 is 0.952 bits per heavy atom. The number of aryl methyl sites for hydroxylation is 2. The van der Waals surface area contributed by atoms with Crippen molar-refractivity contribution in [2.75, 3.05) is 27.9 Å². The van der Waals surface area contributed by atoms with E-state index in [1.54, 1.807) is 33.5 Å². The zero-order valence-electron chi connectivity index (χ0n) is 24.5. The topological polar surface area (TPSA) is 83.9 Å². The fraction of sp³-hybridized carbons (Fsp3) is 0.324. The molecule has 0 saturated carbocycles. The highest BCUT2D eigenvalue weighted by molar-refractivity contribution is 5.95. The van der Waals surface area contributed by atoms with Crippen molar-refractivity contribution in [2.45, 2.75) is 45.1 Å². The fourth-order valence-corrected chi connectivity index (χ4v) is 5.81. The smallest absolute Gasteiger partial charge is 0.269 e. The van der Waals surface area contributed by atoms with Crippen LogP contribution in [0.15, 0.2) is 67.4 Å². The van der Waals surface area contributed by atoms with Crippen molar-refractivity contribution < 1.29 is 28.4 Å². The summed E-state index contributed by atoms with van der Waals surface area (Å²) >= 11 is 0. The highest BCUT2D eigenvalue weighted by Crippen LogP contribution is 2.43. The second-order valence-corrected chi connectivity index (χ2v) is 10.4. The van der Waals surface area contributed by atoms with E-state index in [1.807, 2.05) is 24.3 Å². The Morgan fingerprint density at radius 3 is 2.52 bits per heavy atom. The molecule has 5 rings (SSSR count). The molecule has 4 aromatic rings. The van der Waals surface area contributed by atoms with Crippen LogP contribution < -0.4 is 23.5 Å². The number of aromatic nitrogens is 1. The van der Waals surface area contributed by atoms with Gasteiger partial charge in [-0.1, -0.05) is 18.2 Å². The van der Waals surface area contributed by atoms with Crippen LogP contribution in [0.2, 0.25) is 0 Å². The summed E-state index contributed by atoms with van der Waals surface area (Å²) in [5, 5.41) is 13.5. The number of hydrogen-bond donors (Lipinski definition) is 0. The van der Waals surface area contributed by atoms with E-state index in [1.165, 1.54) is 11.6 Å². The number of nitrogens with zero attached hydrogens (tertiary/aromatic N) is 2. The van der Waals surface area contributed by atoms with Crippen LogP contribution in [0, 0.1) is 10.1 Å². The molecule has 8 heteroatoms. The number of hydrogen-bond acceptors (Lipinski definition) is 6. The van der Waals surface area contributed by atoms with E-state index >= 15 is 0 Å². The molecule has 0 atom stereocenters. The van der Waals surface area contributed by atoms with Crippen LogP contribution in [0.25, 0.3) is 22.0 Å². The number of nitro benzene ring substituents is 1. The van der Waals surface area contributed by atoms with Crippen LogP contribution in [-0.4, -0.2) is 32.9 Å². The number of ether oxygens (including phenoxy) is 4. The predicted molar refractivity (Wildman–Crippen MR) is 163 cm³/mol. The minimum absolute atomic E-state index is 0.0712. The van der Waals surface area contributed by atoms with Crippen molar-refractivity contribution >= 4 is 16.5 Å². The van der Waals surface area contributed by atoms with Crippen molar-refractivity contribution in [2.24, 2.45) is 0 Å².